The first-order chi connectivity index (χ1) is 5.59. The Morgan fingerprint density at radius 3 is 2.92 bits per heavy atom. The van der Waals surface area contributed by atoms with Crippen LogP contribution in [0, 0.1) is 11.8 Å². The largest absolute Gasteiger partial charge is 0.387 e. The van der Waals surface area contributed by atoms with E-state index in [0.717, 1.165) is 18.8 Å². The van der Waals surface area contributed by atoms with Gasteiger partial charge in [-0.2, -0.15) is 0 Å². The Hall–Kier alpha value is -0.0800. The Bertz CT molecular complexity index is 177. The van der Waals surface area contributed by atoms with Crippen molar-refractivity contribution in [1.29, 1.82) is 0 Å². The van der Waals surface area contributed by atoms with Crippen molar-refractivity contribution in [1.82, 2.24) is 0 Å². The molecule has 0 spiro atoms. The molecule has 1 aliphatic carbocycles. The summed E-state index contributed by atoms with van der Waals surface area (Å²) in [5, 5.41) is 9.95. The number of hydrogen-bond acceptors (Lipinski definition) is 2. The highest BCUT2D eigenvalue weighted by Crippen LogP contribution is 2.42. The first-order valence-electron chi connectivity index (χ1n) is 4.93. The van der Waals surface area contributed by atoms with E-state index in [9.17, 15) is 5.11 Å². The third-order valence-corrected chi connectivity index (χ3v) is 3.44. The second kappa shape index (κ2) is 2.71. The van der Waals surface area contributed by atoms with Crippen LogP contribution < -0.4 is 0 Å². The van der Waals surface area contributed by atoms with E-state index >= 15 is 0 Å². The molecule has 1 saturated carbocycles. The van der Waals surface area contributed by atoms with Crippen molar-refractivity contribution >= 4 is 0 Å². The molecule has 0 radical (unpaired) electrons. The molecule has 1 saturated heterocycles. The van der Waals surface area contributed by atoms with Gasteiger partial charge in [0, 0.05) is 5.92 Å². The van der Waals surface area contributed by atoms with Gasteiger partial charge in [0.05, 0.1) is 18.3 Å². The molecule has 2 nitrogen and oxygen atoms in total. The molecule has 0 aromatic carbocycles. The van der Waals surface area contributed by atoms with Gasteiger partial charge < -0.3 is 9.84 Å². The number of hydrogen-bond donors (Lipinski definition) is 1. The Morgan fingerprint density at radius 1 is 1.42 bits per heavy atom. The molecule has 1 N–H and O–H groups in total. The lowest BCUT2D eigenvalue weighted by Gasteiger charge is -2.33. The average molecular weight is 170 g/mol. The fourth-order valence-corrected chi connectivity index (χ4v) is 2.61. The van der Waals surface area contributed by atoms with E-state index in [1.807, 2.05) is 6.92 Å². The predicted octanol–water partition coefficient (Wildman–Crippen LogP) is 1.57. The highest BCUT2D eigenvalue weighted by Gasteiger charge is 2.46. The van der Waals surface area contributed by atoms with Crippen LogP contribution in [0.4, 0.5) is 0 Å². The maximum Gasteiger partial charge on any atom is 0.0904 e. The summed E-state index contributed by atoms with van der Waals surface area (Å²) in [7, 11) is 0. The zero-order valence-electron chi connectivity index (χ0n) is 7.92. The van der Waals surface area contributed by atoms with Crippen LogP contribution in [-0.2, 0) is 4.74 Å². The lowest BCUT2D eigenvalue weighted by atomic mass is 9.75. The molecular formula is C10H18O2. The summed E-state index contributed by atoms with van der Waals surface area (Å²) < 4.78 is 5.59. The summed E-state index contributed by atoms with van der Waals surface area (Å²) in [6, 6.07) is 0. The van der Waals surface area contributed by atoms with Gasteiger partial charge >= 0.3 is 0 Å². The van der Waals surface area contributed by atoms with Crippen LogP contribution in [0.15, 0.2) is 0 Å². The minimum Gasteiger partial charge on any atom is -0.387 e. The Morgan fingerprint density at radius 2 is 2.17 bits per heavy atom. The van der Waals surface area contributed by atoms with Crippen molar-refractivity contribution in [2.45, 2.75) is 44.8 Å². The van der Waals surface area contributed by atoms with Crippen molar-refractivity contribution < 1.29 is 9.84 Å². The minimum absolute atomic E-state index is 0.337. The minimum atomic E-state index is -0.551. The average Bonchev–Trinajstić information content (AvgIpc) is 2.27. The smallest absolute Gasteiger partial charge is 0.0904 e. The van der Waals surface area contributed by atoms with Crippen LogP contribution >= 0.6 is 0 Å². The number of rotatable bonds is 0. The Labute approximate surface area is 73.9 Å². The summed E-state index contributed by atoms with van der Waals surface area (Å²) >= 11 is 0. The lowest BCUT2D eigenvalue weighted by Crippen LogP contribution is -2.38. The molecule has 0 amide bonds. The highest BCUT2D eigenvalue weighted by atomic mass is 16.5. The third-order valence-electron chi connectivity index (χ3n) is 3.44. The molecule has 12 heavy (non-hydrogen) atoms. The quantitative estimate of drug-likeness (QED) is 0.598. The third kappa shape index (κ3) is 1.27. The summed E-state index contributed by atoms with van der Waals surface area (Å²) in [4.78, 5) is 0. The monoisotopic (exact) mass is 170 g/mol. The van der Waals surface area contributed by atoms with Gasteiger partial charge in [0.1, 0.15) is 0 Å². The van der Waals surface area contributed by atoms with E-state index in [2.05, 4.69) is 6.92 Å². The van der Waals surface area contributed by atoms with Crippen LogP contribution in [-0.4, -0.2) is 23.4 Å². The normalized spacial score (nSPS) is 53.8. The van der Waals surface area contributed by atoms with E-state index in [-0.39, 0.29) is 0 Å². The highest BCUT2D eigenvalue weighted by molar-refractivity contribution is 4.96. The van der Waals surface area contributed by atoms with Gasteiger partial charge in [0.15, 0.2) is 0 Å². The standard InChI is InChI=1S/C10H18O2/c1-7-3-4-8-9(5-7)12-6-10(8,2)11/h7-9,11H,3-6H2,1-2H3/t7-,8-,9-,10+/m0/s1. The second-order valence-corrected chi connectivity index (χ2v) is 4.73. The van der Waals surface area contributed by atoms with Crippen LogP contribution in [0.2, 0.25) is 0 Å². The van der Waals surface area contributed by atoms with Gasteiger partial charge in [0.25, 0.3) is 0 Å². The Kier molecular flexibility index (Phi) is 1.92. The molecule has 2 aliphatic rings. The molecule has 1 heterocycles. The van der Waals surface area contributed by atoms with Crippen LogP contribution in [0.5, 0.6) is 0 Å². The molecule has 2 rings (SSSR count). The fraction of sp³-hybridized carbons (Fsp3) is 1.00. The van der Waals surface area contributed by atoms with Crippen LogP contribution in [0.25, 0.3) is 0 Å². The van der Waals surface area contributed by atoms with Gasteiger partial charge in [-0.25, -0.2) is 0 Å². The lowest BCUT2D eigenvalue weighted by molar-refractivity contribution is 0.0127. The predicted molar refractivity (Wildman–Crippen MR) is 46.9 cm³/mol. The molecule has 2 heteroatoms. The van der Waals surface area contributed by atoms with Gasteiger partial charge in [-0.3, -0.25) is 0 Å². The number of fused-ring (bicyclic) bond motifs is 1. The van der Waals surface area contributed by atoms with E-state index in [1.54, 1.807) is 0 Å². The van der Waals surface area contributed by atoms with Crippen molar-refractivity contribution in [3.63, 3.8) is 0 Å². The van der Waals surface area contributed by atoms with E-state index in [4.69, 9.17) is 4.74 Å². The van der Waals surface area contributed by atoms with Crippen molar-refractivity contribution in [2.75, 3.05) is 6.61 Å². The van der Waals surface area contributed by atoms with Crippen molar-refractivity contribution in [3.05, 3.63) is 0 Å². The number of ether oxygens (including phenoxy) is 1. The van der Waals surface area contributed by atoms with E-state index < -0.39 is 5.60 Å². The van der Waals surface area contributed by atoms with Gasteiger partial charge in [0.2, 0.25) is 0 Å². The van der Waals surface area contributed by atoms with Crippen LogP contribution in [0.3, 0.4) is 0 Å². The summed E-state index contributed by atoms with van der Waals surface area (Å²) in [6.07, 6.45) is 3.86. The number of aliphatic hydroxyl groups is 1. The zero-order chi connectivity index (χ0) is 8.77. The van der Waals surface area contributed by atoms with E-state index in [1.165, 1.54) is 6.42 Å². The maximum atomic E-state index is 9.95. The topological polar surface area (TPSA) is 29.5 Å². The fourth-order valence-electron chi connectivity index (χ4n) is 2.61. The first-order valence-corrected chi connectivity index (χ1v) is 4.93. The molecule has 1 aliphatic heterocycles. The summed E-state index contributed by atoms with van der Waals surface area (Å²) in [5.74, 6) is 1.17. The van der Waals surface area contributed by atoms with Gasteiger partial charge in [-0.05, 0) is 25.7 Å². The Balaban J connectivity index is 2.08. The molecule has 70 valence electrons. The van der Waals surface area contributed by atoms with Gasteiger partial charge in [-0.1, -0.05) is 13.3 Å². The molecule has 0 aromatic rings. The SMILES string of the molecule is C[C@H]1CC[C@H]2[C@H](C1)OC[C@@]2(C)O. The maximum absolute atomic E-state index is 9.95. The molecule has 0 bridgehead atoms. The molecule has 0 unspecified atom stereocenters. The van der Waals surface area contributed by atoms with Crippen molar-refractivity contribution in [3.8, 4) is 0 Å². The second-order valence-electron chi connectivity index (χ2n) is 4.73. The molecule has 0 aromatic heterocycles. The van der Waals surface area contributed by atoms with Gasteiger partial charge in [-0.15, -0.1) is 0 Å². The molecule has 4 atom stereocenters. The van der Waals surface area contributed by atoms with Crippen LogP contribution in [0.1, 0.15) is 33.1 Å². The van der Waals surface area contributed by atoms with E-state index in [0.29, 0.717) is 18.6 Å². The van der Waals surface area contributed by atoms with Crippen molar-refractivity contribution in [2.24, 2.45) is 11.8 Å². The first kappa shape index (κ1) is 8.52. The molecular weight excluding hydrogens is 152 g/mol. The molecule has 2 fully saturated rings. The summed E-state index contributed by atoms with van der Waals surface area (Å²) in [6.45, 7) is 4.72. The summed E-state index contributed by atoms with van der Waals surface area (Å²) in [5.41, 5.74) is -0.551. The zero-order valence-corrected chi connectivity index (χ0v) is 7.92.